The first-order valence-corrected chi connectivity index (χ1v) is 8.70. The van der Waals surface area contributed by atoms with Gasteiger partial charge in [0.25, 0.3) is 0 Å². The minimum absolute atomic E-state index is 0.0913. The highest BCUT2D eigenvalue weighted by atomic mass is 79.9. The highest BCUT2D eigenvalue weighted by Gasteiger charge is 2.26. The number of aromatic nitrogens is 2. The third-order valence-electron chi connectivity index (χ3n) is 2.68. The molecule has 0 aliphatic carbocycles. The zero-order valence-electron chi connectivity index (χ0n) is 12.7. The van der Waals surface area contributed by atoms with E-state index in [2.05, 4.69) is 25.9 Å². The molecule has 0 aromatic carbocycles. The molecular formula is C14H15BrN2O4S2. The van der Waals surface area contributed by atoms with E-state index in [4.69, 9.17) is 31.2 Å². The van der Waals surface area contributed by atoms with Gasteiger partial charge in [0.2, 0.25) is 22.9 Å². The van der Waals surface area contributed by atoms with E-state index in [1.165, 1.54) is 25.6 Å². The number of halogens is 1. The van der Waals surface area contributed by atoms with E-state index in [9.17, 15) is 0 Å². The molecule has 1 atom stereocenters. The van der Waals surface area contributed by atoms with Gasteiger partial charge in [-0.05, 0) is 46.5 Å². The van der Waals surface area contributed by atoms with Crippen LogP contribution in [-0.4, -0.2) is 35.8 Å². The Bertz CT molecular complexity index is 658. The maximum absolute atomic E-state index is 5.87. The van der Waals surface area contributed by atoms with Gasteiger partial charge in [-0.25, -0.2) is 0 Å². The molecule has 0 aliphatic rings. The lowest BCUT2D eigenvalue weighted by molar-refractivity contribution is 0.203. The molecule has 9 heteroatoms. The molecule has 0 N–H and O–H groups in total. The Balaban J connectivity index is 2.34. The van der Waals surface area contributed by atoms with Gasteiger partial charge >= 0.3 is 6.01 Å². The molecule has 124 valence electrons. The van der Waals surface area contributed by atoms with Crippen LogP contribution in [0.5, 0.6) is 17.8 Å². The molecule has 0 saturated carbocycles. The molecule has 0 radical (unpaired) electrons. The third kappa shape index (κ3) is 4.52. The van der Waals surface area contributed by atoms with Crippen molar-refractivity contribution in [2.24, 2.45) is 0 Å². The second-order valence-electron chi connectivity index (χ2n) is 4.12. The van der Waals surface area contributed by atoms with Crippen LogP contribution in [-0.2, 0) is 4.74 Å². The first kappa shape index (κ1) is 17.9. The van der Waals surface area contributed by atoms with Crippen LogP contribution in [0, 0.1) is 0 Å². The molecule has 0 fully saturated rings. The van der Waals surface area contributed by atoms with E-state index in [1.54, 1.807) is 6.07 Å². The summed E-state index contributed by atoms with van der Waals surface area (Å²) in [6, 6.07) is 3.57. The zero-order valence-corrected chi connectivity index (χ0v) is 16.0. The molecule has 2 heterocycles. The van der Waals surface area contributed by atoms with Crippen LogP contribution < -0.4 is 14.2 Å². The maximum Gasteiger partial charge on any atom is 0.324 e. The second kappa shape index (κ2) is 8.42. The van der Waals surface area contributed by atoms with Gasteiger partial charge in [0.15, 0.2) is 0 Å². The normalized spacial score (nSPS) is 11.7. The number of methoxy groups -OCH3 is 2. The molecule has 1 unspecified atom stereocenters. The zero-order chi connectivity index (χ0) is 16.8. The average Bonchev–Trinajstić information content (AvgIpc) is 2.98. The molecule has 2 rings (SSSR count). The third-order valence-corrected chi connectivity index (χ3v) is 4.93. The summed E-state index contributed by atoms with van der Waals surface area (Å²) < 4.78 is 22.4. The monoisotopic (exact) mass is 418 g/mol. The van der Waals surface area contributed by atoms with Crippen molar-refractivity contribution in [2.45, 2.75) is 13.0 Å². The van der Waals surface area contributed by atoms with E-state index >= 15 is 0 Å². The van der Waals surface area contributed by atoms with Crippen LogP contribution in [0.4, 0.5) is 0 Å². The molecule has 0 bridgehead atoms. The summed E-state index contributed by atoms with van der Waals surface area (Å²) in [5, 5.41) is 2.23. The lowest BCUT2D eigenvalue weighted by Crippen LogP contribution is -2.20. The minimum atomic E-state index is -0.615. The number of thiocarbonyl (C=S) groups is 1. The summed E-state index contributed by atoms with van der Waals surface area (Å²) in [7, 11) is 3.01. The Hall–Kier alpha value is -1.45. The Kier molecular flexibility index (Phi) is 6.55. The van der Waals surface area contributed by atoms with Crippen molar-refractivity contribution in [3.05, 3.63) is 26.9 Å². The molecule has 0 saturated heterocycles. The van der Waals surface area contributed by atoms with Crippen LogP contribution in [0.15, 0.2) is 22.0 Å². The molecule has 2 aromatic rings. The molecule has 0 spiro atoms. The molecule has 6 nitrogen and oxygen atoms in total. The molecule has 2 aromatic heterocycles. The predicted molar refractivity (Wildman–Crippen MR) is 94.7 cm³/mol. The molecule has 0 amide bonds. The number of thiophene rings is 1. The smallest absolute Gasteiger partial charge is 0.324 e. The maximum atomic E-state index is 5.87. The van der Waals surface area contributed by atoms with Crippen LogP contribution in [0.1, 0.15) is 17.9 Å². The predicted octanol–water partition coefficient (Wildman–Crippen LogP) is 3.80. The average molecular weight is 419 g/mol. The summed E-state index contributed by atoms with van der Waals surface area (Å²) in [4.78, 5) is 9.19. The van der Waals surface area contributed by atoms with E-state index in [0.717, 1.165) is 9.35 Å². The quantitative estimate of drug-likeness (QED) is 0.633. The van der Waals surface area contributed by atoms with Gasteiger partial charge in [0, 0.05) is 4.47 Å². The van der Waals surface area contributed by atoms with Gasteiger partial charge in [-0.15, -0.1) is 11.3 Å². The molecule has 23 heavy (non-hydrogen) atoms. The molecule has 0 aliphatic heterocycles. The van der Waals surface area contributed by atoms with Crippen molar-refractivity contribution in [1.82, 2.24) is 9.97 Å². The van der Waals surface area contributed by atoms with Crippen molar-refractivity contribution in [3.8, 4) is 17.8 Å². The fraction of sp³-hybridized carbons (Fsp3) is 0.357. The minimum Gasteiger partial charge on any atom is -0.484 e. The summed E-state index contributed by atoms with van der Waals surface area (Å²) in [5.74, 6) is 0.663. The van der Waals surface area contributed by atoms with Crippen molar-refractivity contribution in [3.63, 3.8) is 0 Å². The van der Waals surface area contributed by atoms with Gasteiger partial charge in [0.05, 0.1) is 31.8 Å². The van der Waals surface area contributed by atoms with Gasteiger partial charge < -0.3 is 18.9 Å². The number of rotatable bonds is 7. The van der Waals surface area contributed by atoms with E-state index in [-0.39, 0.29) is 6.01 Å². The summed E-state index contributed by atoms with van der Waals surface area (Å²) >= 11 is 10.3. The van der Waals surface area contributed by atoms with Crippen LogP contribution >= 0.6 is 39.5 Å². The number of hydrogen-bond donors (Lipinski definition) is 0. The second-order valence-corrected chi connectivity index (χ2v) is 6.32. The number of hydrogen-bond acceptors (Lipinski definition) is 8. The van der Waals surface area contributed by atoms with E-state index in [0.29, 0.717) is 23.4 Å². The first-order valence-electron chi connectivity index (χ1n) is 6.62. The van der Waals surface area contributed by atoms with Crippen LogP contribution in [0.25, 0.3) is 0 Å². The number of nitrogens with zero attached hydrogens (tertiary/aromatic N) is 2. The van der Waals surface area contributed by atoms with Gasteiger partial charge in [0.1, 0.15) is 0 Å². The highest BCUT2D eigenvalue weighted by molar-refractivity contribution is 9.10. The fourth-order valence-corrected chi connectivity index (χ4v) is 3.63. The van der Waals surface area contributed by atoms with E-state index < -0.39 is 6.10 Å². The Morgan fingerprint density at radius 3 is 2.43 bits per heavy atom. The lowest BCUT2D eigenvalue weighted by Gasteiger charge is -2.18. The number of ether oxygens (including phenoxy) is 4. The van der Waals surface area contributed by atoms with Gasteiger partial charge in [-0.1, -0.05) is 0 Å². The van der Waals surface area contributed by atoms with Crippen molar-refractivity contribution >= 4 is 44.5 Å². The fourth-order valence-electron chi connectivity index (χ4n) is 1.67. The molecular weight excluding hydrogens is 404 g/mol. The Labute approximate surface area is 151 Å². The standard InChI is InChI=1S/C14H15BrN2O4S2/c1-4-20-13(22)11(12-8(15)5-6-23-12)21-14-16-9(18-2)7-10(17-14)19-3/h5-7,11H,4H2,1-3H3. The SMILES string of the molecule is CCOC(=S)C(Oc1nc(OC)cc(OC)n1)c1sccc1Br. The first-order chi connectivity index (χ1) is 11.1. The lowest BCUT2D eigenvalue weighted by atomic mass is 10.3. The summed E-state index contributed by atoms with van der Waals surface area (Å²) in [6.07, 6.45) is -0.615. The summed E-state index contributed by atoms with van der Waals surface area (Å²) in [5.41, 5.74) is 0. The van der Waals surface area contributed by atoms with Gasteiger partial charge in [-0.3, -0.25) is 0 Å². The topological polar surface area (TPSA) is 62.7 Å². The van der Waals surface area contributed by atoms with Gasteiger partial charge in [-0.2, -0.15) is 9.97 Å². The largest absolute Gasteiger partial charge is 0.484 e. The van der Waals surface area contributed by atoms with Crippen molar-refractivity contribution < 1.29 is 18.9 Å². The van der Waals surface area contributed by atoms with Crippen LogP contribution in [0.3, 0.4) is 0 Å². The van der Waals surface area contributed by atoms with Crippen LogP contribution in [0.2, 0.25) is 0 Å². The summed E-state index contributed by atoms with van der Waals surface area (Å²) in [6.45, 7) is 2.31. The Morgan fingerprint density at radius 2 is 1.96 bits per heavy atom. The Morgan fingerprint density at radius 1 is 1.30 bits per heavy atom. The van der Waals surface area contributed by atoms with Crippen molar-refractivity contribution in [2.75, 3.05) is 20.8 Å². The van der Waals surface area contributed by atoms with E-state index in [1.807, 2.05) is 18.4 Å². The highest BCUT2D eigenvalue weighted by Crippen LogP contribution is 2.33. The van der Waals surface area contributed by atoms with Crippen molar-refractivity contribution in [1.29, 1.82) is 0 Å².